The van der Waals surface area contributed by atoms with Crippen LogP contribution in [-0.4, -0.2) is 35.7 Å². The summed E-state index contributed by atoms with van der Waals surface area (Å²) in [7, 11) is 0. The zero-order chi connectivity index (χ0) is 16.5. The second kappa shape index (κ2) is 6.48. The molecule has 24 heavy (non-hydrogen) atoms. The second-order valence-corrected chi connectivity index (χ2v) is 7.11. The van der Waals surface area contributed by atoms with Gasteiger partial charge in [-0.3, -0.25) is 9.89 Å². The maximum atomic E-state index is 12.4. The number of carbonyl (C=O) groups excluding carboxylic acids is 1. The van der Waals surface area contributed by atoms with Gasteiger partial charge in [-0.05, 0) is 55.9 Å². The second-order valence-electron chi connectivity index (χ2n) is 6.67. The Hall–Kier alpha value is -2.01. The Morgan fingerprint density at radius 3 is 3.00 bits per heavy atom. The van der Waals surface area contributed by atoms with Crippen LogP contribution in [0.3, 0.4) is 0 Å². The molecule has 1 aliphatic carbocycles. The van der Waals surface area contributed by atoms with E-state index in [1.54, 1.807) is 0 Å². The first-order valence-corrected chi connectivity index (χ1v) is 8.93. The first-order chi connectivity index (χ1) is 11.7. The molecule has 1 unspecified atom stereocenters. The number of nitrogens with zero attached hydrogens (tertiary/aromatic N) is 2. The van der Waals surface area contributed by atoms with E-state index in [9.17, 15) is 4.79 Å². The number of benzene rings is 1. The molecular weight excluding hydrogens is 324 g/mol. The molecule has 126 valence electrons. The number of H-pyrrole nitrogens is 1. The molecule has 6 heteroatoms. The van der Waals surface area contributed by atoms with Crippen molar-refractivity contribution in [2.75, 3.05) is 24.5 Å². The number of halogens is 1. The van der Waals surface area contributed by atoms with Crippen LogP contribution in [0.5, 0.6) is 0 Å². The smallest absolute Gasteiger partial charge is 0.272 e. The van der Waals surface area contributed by atoms with Crippen molar-refractivity contribution in [3.05, 3.63) is 46.2 Å². The lowest BCUT2D eigenvalue weighted by atomic mass is 10.1. The molecule has 2 aromatic rings. The van der Waals surface area contributed by atoms with Crippen LogP contribution in [0.15, 0.2) is 24.3 Å². The lowest BCUT2D eigenvalue weighted by Crippen LogP contribution is -2.31. The molecule has 0 bridgehead atoms. The molecule has 0 radical (unpaired) electrons. The van der Waals surface area contributed by atoms with Crippen molar-refractivity contribution in [1.29, 1.82) is 0 Å². The Morgan fingerprint density at radius 1 is 1.33 bits per heavy atom. The third kappa shape index (κ3) is 3.00. The number of hydrogen-bond donors (Lipinski definition) is 2. The molecule has 1 aliphatic heterocycles. The summed E-state index contributed by atoms with van der Waals surface area (Å²) in [4.78, 5) is 14.7. The highest BCUT2D eigenvalue weighted by atomic mass is 35.5. The number of hydrogen-bond acceptors (Lipinski definition) is 3. The van der Waals surface area contributed by atoms with Crippen molar-refractivity contribution < 1.29 is 4.79 Å². The van der Waals surface area contributed by atoms with E-state index in [0.717, 1.165) is 55.1 Å². The zero-order valence-corrected chi connectivity index (χ0v) is 14.3. The van der Waals surface area contributed by atoms with Crippen molar-refractivity contribution >= 4 is 23.2 Å². The standard InChI is InChI=1S/C18H21ClN4O/c19-13-4-6-14(7-5-13)23-9-8-12(11-23)10-20-18(24)17-15-2-1-3-16(15)21-22-17/h4-7,12H,1-3,8-11H2,(H,20,24)(H,21,22). The Bertz CT molecular complexity index is 740. The van der Waals surface area contributed by atoms with Crippen molar-refractivity contribution in [3.8, 4) is 0 Å². The van der Waals surface area contributed by atoms with Crippen LogP contribution in [0.25, 0.3) is 0 Å². The van der Waals surface area contributed by atoms with Gasteiger partial charge in [-0.25, -0.2) is 0 Å². The predicted octanol–water partition coefficient (Wildman–Crippen LogP) is 2.81. The summed E-state index contributed by atoms with van der Waals surface area (Å²) in [5.41, 5.74) is 4.03. The minimum atomic E-state index is -0.0423. The topological polar surface area (TPSA) is 61.0 Å². The van der Waals surface area contributed by atoms with E-state index in [1.807, 2.05) is 12.1 Å². The minimum Gasteiger partial charge on any atom is -0.371 e. The van der Waals surface area contributed by atoms with Gasteiger partial charge in [-0.2, -0.15) is 5.10 Å². The van der Waals surface area contributed by atoms with E-state index >= 15 is 0 Å². The maximum Gasteiger partial charge on any atom is 0.272 e. The molecule has 0 spiro atoms. The number of nitrogens with one attached hydrogen (secondary N) is 2. The molecule has 1 atom stereocenters. The van der Waals surface area contributed by atoms with Crippen LogP contribution in [0.4, 0.5) is 5.69 Å². The van der Waals surface area contributed by atoms with Gasteiger partial charge < -0.3 is 10.2 Å². The quantitative estimate of drug-likeness (QED) is 0.896. The first kappa shape index (κ1) is 15.5. The largest absolute Gasteiger partial charge is 0.371 e. The van der Waals surface area contributed by atoms with Gasteiger partial charge in [0.05, 0.1) is 0 Å². The lowest BCUT2D eigenvalue weighted by molar-refractivity contribution is 0.0942. The Balaban J connectivity index is 1.32. The van der Waals surface area contributed by atoms with E-state index in [0.29, 0.717) is 18.2 Å². The summed E-state index contributed by atoms with van der Waals surface area (Å²) in [5, 5.41) is 11.0. The van der Waals surface area contributed by atoms with Gasteiger partial charge in [0.25, 0.3) is 5.91 Å². The van der Waals surface area contributed by atoms with Crippen LogP contribution in [-0.2, 0) is 12.8 Å². The van der Waals surface area contributed by atoms with Crippen LogP contribution in [0.1, 0.15) is 34.6 Å². The van der Waals surface area contributed by atoms with E-state index in [4.69, 9.17) is 11.6 Å². The molecule has 2 aliphatic rings. The van der Waals surface area contributed by atoms with Crippen molar-refractivity contribution in [2.24, 2.45) is 5.92 Å². The third-order valence-corrected chi connectivity index (χ3v) is 5.30. The molecule has 1 aromatic heterocycles. The van der Waals surface area contributed by atoms with Gasteiger partial charge >= 0.3 is 0 Å². The molecule has 5 nitrogen and oxygen atoms in total. The molecule has 1 aromatic carbocycles. The lowest BCUT2D eigenvalue weighted by Gasteiger charge is -2.19. The van der Waals surface area contributed by atoms with Gasteiger partial charge in [0.2, 0.25) is 0 Å². The van der Waals surface area contributed by atoms with Crippen LogP contribution < -0.4 is 10.2 Å². The Labute approximate surface area is 146 Å². The highest BCUT2D eigenvalue weighted by Crippen LogP contribution is 2.25. The number of aryl methyl sites for hydroxylation is 1. The fourth-order valence-corrected chi connectivity index (χ4v) is 3.84. The number of amides is 1. The van der Waals surface area contributed by atoms with Gasteiger partial charge in [0, 0.05) is 41.6 Å². The fourth-order valence-electron chi connectivity index (χ4n) is 3.71. The number of fused-ring (bicyclic) bond motifs is 1. The average molecular weight is 345 g/mol. The number of aromatic amines is 1. The number of aromatic nitrogens is 2. The summed E-state index contributed by atoms with van der Waals surface area (Å²) in [6.45, 7) is 2.67. The minimum absolute atomic E-state index is 0.0423. The maximum absolute atomic E-state index is 12.4. The number of rotatable bonds is 4. The molecule has 4 rings (SSSR count). The Kier molecular flexibility index (Phi) is 4.19. The summed E-state index contributed by atoms with van der Waals surface area (Å²) in [5.74, 6) is 0.427. The van der Waals surface area contributed by atoms with Gasteiger partial charge in [0.15, 0.2) is 5.69 Å². The fraction of sp³-hybridized carbons (Fsp3) is 0.444. The van der Waals surface area contributed by atoms with E-state index in [1.165, 1.54) is 5.69 Å². The molecule has 1 amide bonds. The molecular formula is C18H21ClN4O. The monoisotopic (exact) mass is 344 g/mol. The van der Waals surface area contributed by atoms with Crippen molar-refractivity contribution in [1.82, 2.24) is 15.5 Å². The summed E-state index contributed by atoms with van der Waals surface area (Å²) in [6, 6.07) is 7.95. The van der Waals surface area contributed by atoms with Gasteiger partial charge in [0.1, 0.15) is 0 Å². The molecule has 1 fully saturated rings. The summed E-state index contributed by atoms with van der Waals surface area (Å²) in [6.07, 6.45) is 4.17. The average Bonchev–Trinajstić information content (AvgIpc) is 3.30. The van der Waals surface area contributed by atoms with Crippen molar-refractivity contribution in [3.63, 3.8) is 0 Å². The molecule has 1 saturated heterocycles. The predicted molar refractivity (Wildman–Crippen MR) is 94.7 cm³/mol. The molecule has 2 heterocycles. The third-order valence-electron chi connectivity index (χ3n) is 5.05. The normalized spacial score (nSPS) is 19.5. The highest BCUT2D eigenvalue weighted by molar-refractivity contribution is 6.30. The first-order valence-electron chi connectivity index (χ1n) is 8.55. The molecule has 2 N–H and O–H groups in total. The van der Waals surface area contributed by atoms with Crippen LogP contribution in [0.2, 0.25) is 5.02 Å². The SMILES string of the molecule is O=C(NCC1CCN(c2ccc(Cl)cc2)C1)c1n[nH]c2c1CCC2. The molecule has 0 saturated carbocycles. The van der Waals surface area contributed by atoms with E-state index in [-0.39, 0.29) is 5.91 Å². The van der Waals surface area contributed by atoms with Crippen LogP contribution in [0, 0.1) is 5.92 Å². The number of carbonyl (C=O) groups is 1. The number of anilines is 1. The summed E-state index contributed by atoms with van der Waals surface area (Å²) >= 11 is 5.95. The Morgan fingerprint density at radius 2 is 2.17 bits per heavy atom. The van der Waals surface area contributed by atoms with E-state index < -0.39 is 0 Å². The van der Waals surface area contributed by atoms with E-state index in [2.05, 4.69) is 32.5 Å². The van der Waals surface area contributed by atoms with Gasteiger partial charge in [-0.15, -0.1) is 0 Å². The van der Waals surface area contributed by atoms with Crippen LogP contribution >= 0.6 is 11.6 Å². The van der Waals surface area contributed by atoms with Crippen molar-refractivity contribution in [2.45, 2.75) is 25.7 Å². The van der Waals surface area contributed by atoms with Gasteiger partial charge in [-0.1, -0.05) is 11.6 Å². The summed E-state index contributed by atoms with van der Waals surface area (Å²) < 4.78 is 0. The zero-order valence-electron chi connectivity index (χ0n) is 13.5. The highest BCUT2D eigenvalue weighted by Gasteiger charge is 2.26.